The Morgan fingerprint density at radius 3 is 2.39 bits per heavy atom. The molecule has 0 bridgehead atoms. The van der Waals surface area contributed by atoms with Crippen LogP contribution < -0.4 is 10.6 Å². The molecule has 18 heavy (non-hydrogen) atoms. The van der Waals surface area contributed by atoms with Crippen LogP contribution in [0.4, 0.5) is 15.8 Å². The summed E-state index contributed by atoms with van der Waals surface area (Å²) in [5, 5.41) is 0. The first-order valence-electron chi connectivity index (χ1n) is 5.88. The average molecular weight is 244 g/mol. The lowest BCUT2D eigenvalue weighted by atomic mass is 10.1. The third kappa shape index (κ3) is 2.62. The summed E-state index contributed by atoms with van der Waals surface area (Å²) < 4.78 is 13.7. The zero-order chi connectivity index (χ0) is 13.1. The largest absolute Gasteiger partial charge is 0.397 e. The highest BCUT2D eigenvalue weighted by atomic mass is 19.1. The molecule has 0 aliphatic rings. The van der Waals surface area contributed by atoms with Gasteiger partial charge in [0.15, 0.2) is 0 Å². The van der Waals surface area contributed by atoms with Crippen molar-refractivity contribution < 1.29 is 4.39 Å². The molecule has 0 aliphatic heterocycles. The molecule has 2 rings (SSSR count). The van der Waals surface area contributed by atoms with E-state index in [2.05, 4.69) is 0 Å². The van der Waals surface area contributed by atoms with Gasteiger partial charge in [-0.1, -0.05) is 35.9 Å². The number of para-hydroxylation sites is 1. The summed E-state index contributed by atoms with van der Waals surface area (Å²) in [7, 11) is 1.84. The number of hydrogen-bond donors (Lipinski definition) is 1. The Morgan fingerprint density at radius 2 is 1.78 bits per heavy atom. The van der Waals surface area contributed by atoms with Crippen LogP contribution >= 0.6 is 0 Å². The third-order valence-electron chi connectivity index (χ3n) is 2.94. The molecule has 0 atom stereocenters. The Balaban J connectivity index is 2.22. The second-order valence-corrected chi connectivity index (χ2v) is 4.52. The maximum Gasteiger partial charge on any atom is 0.148 e. The van der Waals surface area contributed by atoms with Crippen molar-refractivity contribution in [2.24, 2.45) is 0 Å². The van der Waals surface area contributed by atoms with Crippen LogP contribution in [0.25, 0.3) is 0 Å². The van der Waals surface area contributed by atoms with Crippen molar-refractivity contribution in [3.8, 4) is 0 Å². The zero-order valence-electron chi connectivity index (χ0n) is 10.7. The molecule has 0 heterocycles. The first-order valence-corrected chi connectivity index (χ1v) is 5.88. The van der Waals surface area contributed by atoms with Crippen LogP contribution in [0.15, 0.2) is 42.5 Å². The summed E-state index contributed by atoms with van der Waals surface area (Å²) >= 11 is 0. The van der Waals surface area contributed by atoms with Crippen LogP contribution in [0.1, 0.15) is 11.1 Å². The van der Waals surface area contributed by atoms with Gasteiger partial charge in [-0.15, -0.1) is 0 Å². The summed E-state index contributed by atoms with van der Waals surface area (Å²) in [5.41, 5.74) is 9.08. The lowest BCUT2D eigenvalue weighted by Gasteiger charge is -2.21. The minimum atomic E-state index is -0.287. The number of rotatable bonds is 3. The molecular weight excluding hydrogens is 227 g/mol. The van der Waals surface area contributed by atoms with Crippen LogP contribution in [0.3, 0.4) is 0 Å². The van der Waals surface area contributed by atoms with Crippen molar-refractivity contribution in [1.82, 2.24) is 0 Å². The quantitative estimate of drug-likeness (QED) is 0.839. The summed E-state index contributed by atoms with van der Waals surface area (Å²) in [5.74, 6) is -0.287. The van der Waals surface area contributed by atoms with Crippen LogP contribution in [-0.4, -0.2) is 7.05 Å². The van der Waals surface area contributed by atoms with E-state index in [1.807, 2.05) is 43.1 Å². The molecule has 0 amide bonds. The van der Waals surface area contributed by atoms with Crippen molar-refractivity contribution in [1.29, 1.82) is 0 Å². The molecule has 2 aromatic rings. The normalized spacial score (nSPS) is 10.4. The van der Waals surface area contributed by atoms with Gasteiger partial charge in [-0.2, -0.15) is 0 Å². The van der Waals surface area contributed by atoms with Gasteiger partial charge in [0.1, 0.15) is 5.82 Å². The third-order valence-corrected chi connectivity index (χ3v) is 2.94. The van der Waals surface area contributed by atoms with E-state index < -0.39 is 0 Å². The van der Waals surface area contributed by atoms with E-state index in [0.717, 1.165) is 5.56 Å². The highest BCUT2D eigenvalue weighted by molar-refractivity contribution is 5.67. The SMILES string of the molecule is Cc1ccc(CN(C)c2c(N)cccc2F)cc1. The molecule has 0 saturated heterocycles. The number of nitrogens with two attached hydrogens (primary N) is 1. The molecule has 2 nitrogen and oxygen atoms in total. The number of anilines is 2. The number of halogens is 1. The van der Waals surface area contributed by atoms with Gasteiger partial charge < -0.3 is 10.6 Å². The fraction of sp³-hybridized carbons (Fsp3) is 0.200. The van der Waals surface area contributed by atoms with Gasteiger partial charge in [-0.3, -0.25) is 0 Å². The zero-order valence-corrected chi connectivity index (χ0v) is 10.7. The Labute approximate surface area is 107 Å². The van der Waals surface area contributed by atoms with Crippen molar-refractivity contribution in [2.45, 2.75) is 13.5 Å². The van der Waals surface area contributed by atoms with Crippen LogP contribution in [0.2, 0.25) is 0 Å². The average Bonchev–Trinajstić information content (AvgIpc) is 2.32. The predicted molar refractivity (Wildman–Crippen MR) is 74.1 cm³/mol. The van der Waals surface area contributed by atoms with Gasteiger partial charge in [0.05, 0.1) is 11.4 Å². The Bertz CT molecular complexity index is 514. The van der Waals surface area contributed by atoms with E-state index in [1.165, 1.54) is 11.6 Å². The van der Waals surface area contributed by atoms with Gasteiger partial charge in [0.2, 0.25) is 0 Å². The maximum atomic E-state index is 13.7. The molecule has 0 unspecified atom stereocenters. The first-order chi connectivity index (χ1) is 8.58. The molecule has 0 aromatic heterocycles. The highest BCUT2D eigenvalue weighted by Gasteiger charge is 2.11. The molecule has 94 valence electrons. The van der Waals surface area contributed by atoms with Crippen LogP contribution in [-0.2, 0) is 6.54 Å². The molecule has 0 spiro atoms. The summed E-state index contributed by atoms with van der Waals surface area (Å²) in [6.45, 7) is 2.67. The first kappa shape index (κ1) is 12.4. The Kier molecular flexibility index (Phi) is 3.51. The molecule has 0 saturated carbocycles. The fourth-order valence-corrected chi connectivity index (χ4v) is 1.98. The van der Waals surface area contributed by atoms with E-state index in [0.29, 0.717) is 17.9 Å². The minimum absolute atomic E-state index is 0.287. The monoisotopic (exact) mass is 244 g/mol. The lowest BCUT2D eigenvalue weighted by Crippen LogP contribution is -2.19. The number of benzene rings is 2. The second kappa shape index (κ2) is 5.08. The van der Waals surface area contributed by atoms with Gasteiger partial charge in [-0.25, -0.2) is 4.39 Å². The Hall–Kier alpha value is -2.03. The smallest absolute Gasteiger partial charge is 0.148 e. The highest BCUT2D eigenvalue weighted by Crippen LogP contribution is 2.26. The van der Waals surface area contributed by atoms with E-state index >= 15 is 0 Å². The number of nitrogen functional groups attached to an aromatic ring is 1. The minimum Gasteiger partial charge on any atom is -0.397 e. The standard InChI is InChI=1S/C15H17FN2/c1-11-6-8-12(9-7-11)10-18(2)15-13(16)4-3-5-14(15)17/h3-9H,10,17H2,1-2H3. The van der Waals surface area contributed by atoms with E-state index in [1.54, 1.807) is 12.1 Å². The van der Waals surface area contributed by atoms with Gasteiger partial charge in [-0.05, 0) is 24.6 Å². The van der Waals surface area contributed by atoms with E-state index in [4.69, 9.17) is 5.73 Å². The molecule has 2 aromatic carbocycles. The molecule has 0 aliphatic carbocycles. The van der Waals surface area contributed by atoms with E-state index in [-0.39, 0.29) is 5.82 Å². The van der Waals surface area contributed by atoms with Crippen molar-refractivity contribution in [3.05, 3.63) is 59.4 Å². The Morgan fingerprint density at radius 1 is 1.11 bits per heavy atom. The van der Waals surface area contributed by atoms with Crippen LogP contribution in [0, 0.1) is 12.7 Å². The molecule has 0 fully saturated rings. The summed E-state index contributed by atoms with van der Waals surface area (Å²) in [6, 6.07) is 12.9. The molecule has 3 heteroatoms. The van der Waals surface area contributed by atoms with Gasteiger partial charge >= 0.3 is 0 Å². The topological polar surface area (TPSA) is 29.3 Å². The van der Waals surface area contributed by atoms with Crippen molar-refractivity contribution in [2.75, 3.05) is 17.7 Å². The molecular formula is C15H17FN2. The van der Waals surface area contributed by atoms with Crippen LogP contribution in [0.5, 0.6) is 0 Å². The molecule has 0 radical (unpaired) electrons. The van der Waals surface area contributed by atoms with Gasteiger partial charge in [0, 0.05) is 13.6 Å². The van der Waals surface area contributed by atoms with Crippen molar-refractivity contribution >= 4 is 11.4 Å². The number of hydrogen-bond acceptors (Lipinski definition) is 2. The fourth-order valence-electron chi connectivity index (χ4n) is 1.98. The lowest BCUT2D eigenvalue weighted by molar-refractivity contribution is 0.623. The maximum absolute atomic E-state index is 13.7. The predicted octanol–water partition coefficient (Wildman–Crippen LogP) is 3.35. The second-order valence-electron chi connectivity index (χ2n) is 4.52. The summed E-state index contributed by atoms with van der Waals surface area (Å²) in [6.07, 6.45) is 0. The van der Waals surface area contributed by atoms with Gasteiger partial charge in [0.25, 0.3) is 0 Å². The molecule has 2 N–H and O–H groups in total. The number of nitrogens with zero attached hydrogens (tertiary/aromatic N) is 1. The number of aryl methyl sites for hydroxylation is 1. The van der Waals surface area contributed by atoms with Crippen molar-refractivity contribution in [3.63, 3.8) is 0 Å². The van der Waals surface area contributed by atoms with E-state index in [9.17, 15) is 4.39 Å². The summed E-state index contributed by atoms with van der Waals surface area (Å²) in [4.78, 5) is 1.83.